The fourth-order valence-electron chi connectivity index (χ4n) is 2.91. The van der Waals surface area contributed by atoms with Gasteiger partial charge < -0.3 is 15.4 Å². The molecule has 1 aliphatic rings. The average molecular weight is 300 g/mol. The van der Waals surface area contributed by atoms with Crippen LogP contribution in [0.1, 0.15) is 18.4 Å². The van der Waals surface area contributed by atoms with Crippen molar-refractivity contribution in [1.29, 1.82) is 0 Å². The molecule has 1 aromatic carbocycles. The normalized spacial score (nSPS) is 15.7. The summed E-state index contributed by atoms with van der Waals surface area (Å²) in [5, 5.41) is 11.3. The molecule has 1 aliphatic heterocycles. The molecule has 0 atom stereocenters. The van der Waals surface area contributed by atoms with Gasteiger partial charge in [0.05, 0.1) is 17.9 Å². The molecule has 2 N–H and O–H groups in total. The summed E-state index contributed by atoms with van der Waals surface area (Å²) in [6.07, 6.45) is 2.36. The Morgan fingerprint density at radius 1 is 1.27 bits per heavy atom. The highest BCUT2D eigenvalue weighted by Crippen LogP contribution is 2.28. The summed E-state index contributed by atoms with van der Waals surface area (Å²) in [7, 11) is 1.92. The molecule has 2 heterocycles. The van der Waals surface area contributed by atoms with E-state index in [9.17, 15) is 0 Å². The molecular weight excluding hydrogens is 276 g/mol. The van der Waals surface area contributed by atoms with Crippen molar-refractivity contribution in [2.45, 2.75) is 19.8 Å². The molecule has 5 heteroatoms. The number of benzene rings is 1. The number of hydrogen-bond donors (Lipinski definition) is 2. The minimum atomic E-state index is 0.626. The number of nitrogens with one attached hydrogen (secondary N) is 2. The van der Waals surface area contributed by atoms with E-state index in [0.717, 1.165) is 42.6 Å². The highest BCUT2D eigenvalue weighted by molar-refractivity contribution is 5.54. The number of rotatable bonds is 5. The molecule has 3 rings (SSSR count). The van der Waals surface area contributed by atoms with Crippen LogP contribution in [0.15, 0.2) is 30.3 Å². The van der Waals surface area contributed by atoms with Crippen molar-refractivity contribution in [3.8, 4) is 11.6 Å². The van der Waals surface area contributed by atoms with E-state index in [1.165, 1.54) is 12.8 Å². The van der Waals surface area contributed by atoms with Gasteiger partial charge in [0.15, 0.2) is 0 Å². The lowest BCUT2D eigenvalue weighted by Crippen LogP contribution is -2.30. The van der Waals surface area contributed by atoms with E-state index < -0.39 is 0 Å². The molecule has 0 aliphatic carbocycles. The van der Waals surface area contributed by atoms with Crippen LogP contribution in [0.3, 0.4) is 0 Å². The molecular formula is C17H24N4O. The van der Waals surface area contributed by atoms with E-state index >= 15 is 0 Å². The van der Waals surface area contributed by atoms with Gasteiger partial charge in [-0.05, 0) is 50.9 Å². The number of nitrogens with zero attached hydrogens (tertiary/aromatic N) is 2. The second-order valence-electron chi connectivity index (χ2n) is 5.78. The molecule has 5 nitrogen and oxygen atoms in total. The van der Waals surface area contributed by atoms with Gasteiger partial charge in [0.25, 0.3) is 0 Å². The second-order valence-corrected chi connectivity index (χ2v) is 5.78. The zero-order valence-electron chi connectivity index (χ0n) is 13.3. The number of aromatic nitrogens is 2. The monoisotopic (exact) mass is 300 g/mol. The van der Waals surface area contributed by atoms with Crippen LogP contribution >= 0.6 is 0 Å². The quantitative estimate of drug-likeness (QED) is 0.891. The van der Waals surface area contributed by atoms with Crippen molar-refractivity contribution in [1.82, 2.24) is 15.1 Å². The Hall–Kier alpha value is -2.01. The number of hydrogen-bond acceptors (Lipinski definition) is 4. The first-order valence-electron chi connectivity index (χ1n) is 7.96. The Balaban J connectivity index is 1.78. The minimum absolute atomic E-state index is 0.626. The topological polar surface area (TPSA) is 51.1 Å². The lowest BCUT2D eigenvalue weighted by Gasteiger charge is -2.22. The molecule has 0 radical (unpaired) electrons. The summed E-state index contributed by atoms with van der Waals surface area (Å²) in [5.41, 5.74) is 2.09. The largest absolute Gasteiger partial charge is 0.476 e. The average Bonchev–Trinajstić information content (AvgIpc) is 2.90. The van der Waals surface area contributed by atoms with Gasteiger partial charge in [-0.25, -0.2) is 4.68 Å². The molecule has 0 spiro atoms. The van der Waals surface area contributed by atoms with Gasteiger partial charge in [0, 0.05) is 7.05 Å². The van der Waals surface area contributed by atoms with E-state index in [4.69, 9.17) is 4.74 Å². The zero-order valence-corrected chi connectivity index (χ0v) is 13.3. The van der Waals surface area contributed by atoms with Gasteiger partial charge in [-0.3, -0.25) is 0 Å². The molecule has 0 bridgehead atoms. The summed E-state index contributed by atoms with van der Waals surface area (Å²) in [4.78, 5) is 0. The molecule has 0 saturated carbocycles. The summed E-state index contributed by atoms with van der Waals surface area (Å²) >= 11 is 0. The van der Waals surface area contributed by atoms with Crippen LogP contribution in [-0.4, -0.2) is 36.5 Å². The third kappa shape index (κ3) is 3.09. The molecule has 0 unspecified atom stereocenters. The Labute approximate surface area is 131 Å². The van der Waals surface area contributed by atoms with Crippen LogP contribution in [0.4, 0.5) is 5.82 Å². The van der Waals surface area contributed by atoms with E-state index in [1.54, 1.807) is 0 Å². The Morgan fingerprint density at radius 2 is 2.00 bits per heavy atom. The number of ether oxygens (including phenoxy) is 1. The van der Waals surface area contributed by atoms with E-state index in [1.807, 2.05) is 42.1 Å². The fourth-order valence-corrected chi connectivity index (χ4v) is 2.91. The molecule has 0 amide bonds. The molecule has 1 fully saturated rings. The number of piperidine rings is 1. The van der Waals surface area contributed by atoms with Crippen LogP contribution in [0, 0.1) is 12.8 Å². The van der Waals surface area contributed by atoms with Crippen molar-refractivity contribution < 1.29 is 4.74 Å². The van der Waals surface area contributed by atoms with Crippen LogP contribution in [0.2, 0.25) is 0 Å². The smallest absolute Gasteiger partial charge is 0.238 e. The van der Waals surface area contributed by atoms with Gasteiger partial charge in [0.2, 0.25) is 5.88 Å². The minimum Gasteiger partial charge on any atom is -0.476 e. The first-order valence-corrected chi connectivity index (χ1v) is 7.96. The Bertz CT molecular complexity index is 603. The highest BCUT2D eigenvalue weighted by atomic mass is 16.5. The van der Waals surface area contributed by atoms with E-state index in [0.29, 0.717) is 5.92 Å². The van der Waals surface area contributed by atoms with E-state index in [2.05, 4.69) is 22.7 Å². The van der Waals surface area contributed by atoms with E-state index in [-0.39, 0.29) is 0 Å². The SMILES string of the molecule is CNc1c(C)c(OCC2CCNCC2)nn1-c1ccccc1. The van der Waals surface area contributed by atoms with Crippen molar-refractivity contribution in [3.05, 3.63) is 35.9 Å². The molecule has 2 aromatic rings. The third-order valence-corrected chi connectivity index (χ3v) is 4.23. The summed E-state index contributed by atoms with van der Waals surface area (Å²) < 4.78 is 7.93. The molecule has 22 heavy (non-hydrogen) atoms. The van der Waals surface area contributed by atoms with Gasteiger partial charge in [-0.1, -0.05) is 18.2 Å². The maximum atomic E-state index is 6.02. The first-order chi connectivity index (χ1) is 10.8. The predicted molar refractivity (Wildman–Crippen MR) is 88.9 cm³/mol. The Morgan fingerprint density at radius 3 is 2.68 bits per heavy atom. The summed E-state index contributed by atoms with van der Waals surface area (Å²) in [6.45, 7) is 4.98. The highest BCUT2D eigenvalue weighted by Gasteiger charge is 2.18. The standard InChI is InChI=1S/C17H24N4O/c1-13-16(18-2)21(15-6-4-3-5-7-15)20-17(13)22-12-14-8-10-19-11-9-14/h3-7,14,18-19H,8-12H2,1-2H3. The molecule has 118 valence electrons. The van der Waals surface area contributed by atoms with Crippen molar-refractivity contribution in [2.24, 2.45) is 5.92 Å². The van der Waals surface area contributed by atoms with Crippen molar-refractivity contribution >= 4 is 5.82 Å². The van der Waals surface area contributed by atoms with Crippen molar-refractivity contribution in [2.75, 3.05) is 32.1 Å². The maximum absolute atomic E-state index is 6.02. The van der Waals surface area contributed by atoms with Crippen molar-refractivity contribution in [3.63, 3.8) is 0 Å². The lowest BCUT2D eigenvalue weighted by molar-refractivity contribution is 0.207. The molecule has 1 aromatic heterocycles. The Kier molecular flexibility index (Phi) is 4.63. The maximum Gasteiger partial charge on any atom is 0.238 e. The summed E-state index contributed by atoms with van der Waals surface area (Å²) in [6, 6.07) is 10.1. The summed E-state index contributed by atoms with van der Waals surface area (Å²) in [5.74, 6) is 2.33. The van der Waals surface area contributed by atoms with Gasteiger partial charge in [-0.2, -0.15) is 0 Å². The lowest BCUT2D eigenvalue weighted by atomic mass is 9.99. The fraction of sp³-hybridized carbons (Fsp3) is 0.471. The third-order valence-electron chi connectivity index (χ3n) is 4.23. The van der Waals surface area contributed by atoms with Gasteiger partial charge in [-0.15, -0.1) is 5.10 Å². The van der Waals surface area contributed by atoms with Crippen LogP contribution in [0.5, 0.6) is 5.88 Å². The number of para-hydroxylation sites is 1. The van der Waals surface area contributed by atoms with Crippen LogP contribution < -0.4 is 15.4 Å². The predicted octanol–water partition coefficient (Wildman–Crippen LogP) is 2.60. The number of anilines is 1. The second kappa shape index (κ2) is 6.83. The van der Waals surface area contributed by atoms with Crippen LogP contribution in [-0.2, 0) is 0 Å². The first kappa shape index (κ1) is 14.9. The van der Waals surface area contributed by atoms with Crippen LogP contribution in [0.25, 0.3) is 5.69 Å². The molecule has 1 saturated heterocycles. The van der Waals surface area contributed by atoms with Gasteiger partial charge >= 0.3 is 0 Å². The zero-order chi connectivity index (χ0) is 15.4. The van der Waals surface area contributed by atoms with Gasteiger partial charge in [0.1, 0.15) is 5.82 Å².